The summed E-state index contributed by atoms with van der Waals surface area (Å²) >= 11 is 5.78. The van der Waals surface area contributed by atoms with Gasteiger partial charge in [0.2, 0.25) is 0 Å². The van der Waals surface area contributed by atoms with Gasteiger partial charge in [-0.15, -0.1) is 11.6 Å². The van der Waals surface area contributed by atoms with Crippen molar-refractivity contribution in [3.05, 3.63) is 39.9 Å². The van der Waals surface area contributed by atoms with Crippen molar-refractivity contribution in [1.82, 2.24) is 4.90 Å². The minimum absolute atomic E-state index is 0.0319. The Labute approximate surface area is 121 Å². The lowest BCUT2D eigenvalue weighted by Crippen LogP contribution is -2.49. The largest absolute Gasteiger partial charge is 0.370 e. The summed E-state index contributed by atoms with van der Waals surface area (Å²) in [4.78, 5) is 24.1. The van der Waals surface area contributed by atoms with Gasteiger partial charge in [-0.25, -0.2) is 0 Å². The number of rotatable bonds is 3. The molecule has 1 aromatic rings. The molecule has 1 amide bonds. The Kier molecular flexibility index (Phi) is 4.57. The van der Waals surface area contributed by atoms with Crippen LogP contribution in [0.1, 0.15) is 17.3 Å². The summed E-state index contributed by atoms with van der Waals surface area (Å²) in [6.45, 7) is 2.81. The Morgan fingerprint density at radius 3 is 2.65 bits per heavy atom. The minimum Gasteiger partial charge on any atom is -0.370 e. The quantitative estimate of drug-likeness (QED) is 0.486. The number of nitro benzene ring substituents is 1. The molecule has 108 valence electrons. The van der Waals surface area contributed by atoms with Crippen molar-refractivity contribution in [3.8, 4) is 0 Å². The number of ether oxygens (including phenoxy) is 1. The van der Waals surface area contributed by atoms with E-state index in [1.807, 2.05) is 6.92 Å². The number of amides is 1. The van der Waals surface area contributed by atoms with E-state index in [9.17, 15) is 14.9 Å². The highest BCUT2D eigenvalue weighted by atomic mass is 35.5. The standard InChI is InChI=1S/C13H15ClN2O4/c1-9-7-15(8-12(6-14)20-9)13(17)10-2-4-11(5-3-10)16(18)19/h2-5,9,12H,6-8H2,1H3. The van der Waals surface area contributed by atoms with Crippen LogP contribution in [-0.2, 0) is 4.74 Å². The average Bonchev–Trinajstić information content (AvgIpc) is 2.45. The molecule has 0 radical (unpaired) electrons. The second kappa shape index (κ2) is 6.19. The maximum absolute atomic E-state index is 12.3. The van der Waals surface area contributed by atoms with Gasteiger partial charge in [-0.05, 0) is 19.1 Å². The van der Waals surface area contributed by atoms with Crippen LogP contribution < -0.4 is 0 Å². The Hall–Kier alpha value is -1.66. The van der Waals surface area contributed by atoms with E-state index in [0.29, 0.717) is 24.5 Å². The number of alkyl halides is 1. The van der Waals surface area contributed by atoms with Gasteiger partial charge in [-0.3, -0.25) is 14.9 Å². The summed E-state index contributed by atoms with van der Waals surface area (Å²) in [5, 5.41) is 10.6. The highest BCUT2D eigenvalue weighted by molar-refractivity contribution is 6.18. The third-order valence-electron chi connectivity index (χ3n) is 3.11. The molecule has 1 fully saturated rings. The molecular weight excluding hydrogens is 284 g/mol. The Bertz CT molecular complexity index is 506. The van der Waals surface area contributed by atoms with Crippen molar-refractivity contribution in [2.24, 2.45) is 0 Å². The molecule has 7 heteroatoms. The van der Waals surface area contributed by atoms with E-state index in [-0.39, 0.29) is 23.8 Å². The molecule has 1 aromatic carbocycles. The number of carbonyl (C=O) groups excluding carboxylic acids is 1. The van der Waals surface area contributed by atoms with Crippen molar-refractivity contribution < 1.29 is 14.5 Å². The zero-order valence-corrected chi connectivity index (χ0v) is 11.7. The van der Waals surface area contributed by atoms with Crippen LogP contribution in [0.3, 0.4) is 0 Å². The number of nitrogens with zero attached hydrogens (tertiary/aromatic N) is 2. The van der Waals surface area contributed by atoms with Crippen LogP contribution in [0.25, 0.3) is 0 Å². The number of non-ortho nitro benzene ring substituents is 1. The molecule has 1 heterocycles. The fourth-order valence-corrected chi connectivity index (χ4v) is 2.37. The smallest absolute Gasteiger partial charge is 0.269 e. The number of benzene rings is 1. The molecule has 0 N–H and O–H groups in total. The minimum atomic E-state index is -0.491. The highest BCUT2D eigenvalue weighted by Crippen LogP contribution is 2.17. The summed E-state index contributed by atoms with van der Waals surface area (Å²) in [6, 6.07) is 5.60. The normalized spacial score (nSPS) is 22.6. The maximum Gasteiger partial charge on any atom is 0.269 e. The van der Waals surface area contributed by atoms with E-state index in [1.165, 1.54) is 24.3 Å². The highest BCUT2D eigenvalue weighted by Gasteiger charge is 2.28. The molecule has 0 spiro atoms. The molecule has 1 aliphatic heterocycles. The molecule has 1 saturated heterocycles. The summed E-state index contributed by atoms with van der Waals surface area (Å²) in [6.07, 6.45) is -0.253. The molecule has 20 heavy (non-hydrogen) atoms. The first-order valence-corrected chi connectivity index (χ1v) is 6.80. The molecule has 0 aliphatic carbocycles. The fourth-order valence-electron chi connectivity index (χ4n) is 2.20. The lowest BCUT2D eigenvalue weighted by atomic mass is 10.1. The monoisotopic (exact) mass is 298 g/mol. The fraction of sp³-hybridized carbons (Fsp3) is 0.462. The number of hydrogen-bond acceptors (Lipinski definition) is 4. The van der Waals surface area contributed by atoms with Crippen molar-refractivity contribution in [3.63, 3.8) is 0 Å². The van der Waals surface area contributed by atoms with E-state index >= 15 is 0 Å². The Morgan fingerprint density at radius 1 is 1.45 bits per heavy atom. The number of hydrogen-bond donors (Lipinski definition) is 0. The predicted molar refractivity (Wildman–Crippen MR) is 74.1 cm³/mol. The third-order valence-corrected chi connectivity index (χ3v) is 3.45. The molecule has 6 nitrogen and oxygen atoms in total. The SMILES string of the molecule is CC1CN(C(=O)c2ccc([N+](=O)[O-])cc2)CC(CCl)O1. The van der Waals surface area contributed by atoms with Gasteiger partial charge in [0.25, 0.3) is 11.6 Å². The maximum atomic E-state index is 12.3. The third kappa shape index (κ3) is 3.26. The number of nitro groups is 1. The number of carbonyl (C=O) groups is 1. The molecule has 2 atom stereocenters. The van der Waals surface area contributed by atoms with Gasteiger partial charge in [-0.2, -0.15) is 0 Å². The van der Waals surface area contributed by atoms with Crippen LogP contribution in [0, 0.1) is 10.1 Å². The van der Waals surface area contributed by atoms with E-state index in [2.05, 4.69) is 0 Å². The van der Waals surface area contributed by atoms with Crippen molar-refractivity contribution in [1.29, 1.82) is 0 Å². The lowest BCUT2D eigenvalue weighted by molar-refractivity contribution is -0.384. The van der Waals surface area contributed by atoms with Gasteiger partial charge in [0.05, 0.1) is 23.0 Å². The molecule has 2 rings (SSSR count). The van der Waals surface area contributed by atoms with Crippen molar-refractivity contribution >= 4 is 23.2 Å². The summed E-state index contributed by atoms with van der Waals surface area (Å²) in [7, 11) is 0. The number of morpholine rings is 1. The van der Waals surface area contributed by atoms with E-state index in [1.54, 1.807) is 4.90 Å². The van der Waals surface area contributed by atoms with Gasteiger partial charge < -0.3 is 9.64 Å². The predicted octanol–water partition coefficient (Wildman–Crippen LogP) is 2.06. The first-order valence-electron chi connectivity index (χ1n) is 6.26. The van der Waals surface area contributed by atoms with Crippen molar-refractivity contribution in [2.75, 3.05) is 19.0 Å². The second-order valence-corrected chi connectivity index (χ2v) is 5.05. The van der Waals surface area contributed by atoms with E-state index in [0.717, 1.165) is 0 Å². The second-order valence-electron chi connectivity index (χ2n) is 4.74. The Balaban J connectivity index is 2.11. The lowest BCUT2D eigenvalue weighted by Gasteiger charge is -2.36. The number of halogens is 1. The van der Waals surface area contributed by atoms with Crippen LogP contribution in [0.2, 0.25) is 0 Å². The summed E-state index contributed by atoms with van der Waals surface area (Å²) in [5.41, 5.74) is 0.397. The van der Waals surface area contributed by atoms with Crippen LogP contribution >= 0.6 is 11.6 Å². The Morgan fingerprint density at radius 2 is 2.10 bits per heavy atom. The molecule has 0 aromatic heterocycles. The van der Waals surface area contributed by atoms with Crippen LogP contribution in [0.15, 0.2) is 24.3 Å². The van der Waals surface area contributed by atoms with Gasteiger partial charge in [0.1, 0.15) is 0 Å². The van der Waals surface area contributed by atoms with Gasteiger partial charge in [0, 0.05) is 30.8 Å². The zero-order valence-electron chi connectivity index (χ0n) is 11.0. The van der Waals surface area contributed by atoms with Gasteiger partial charge in [-0.1, -0.05) is 0 Å². The molecule has 0 saturated carbocycles. The zero-order chi connectivity index (χ0) is 14.7. The summed E-state index contributed by atoms with van der Waals surface area (Å²) < 4.78 is 5.59. The first-order chi connectivity index (χ1) is 9.51. The molecule has 1 aliphatic rings. The van der Waals surface area contributed by atoms with E-state index < -0.39 is 4.92 Å². The topological polar surface area (TPSA) is 72.7 Å². The molecule has 0 bridgehead atoms. The molecule has 2 unspecified atom stereocenters. The van der Waals surface area contributed by atoms with Crippen molar-refractivity contribution in [2.45, 2.75) is 19.1 Å². The van der Waals surface area contributed by atoms with Crippen LogP contribution in [-0.4, -0.2) is 46.9 Å². The van der Waals surface area contributed by atoms with Crippen LogP contribution in [0.4, 0.5) is 5.69 Å². The average molecular weight is 299 g/mol. The van der Waals surface area contributed by atoms with Gasteiger partial charge >= 0.3 is 0 Å². The van der Waals surface area contributed by atoms with Gasteiger partial charge in [0.15, 0.2) is 0 Å². The molecular formula is C13H15ClN2O4. The first kappa shape index (κ1) is 14.7. The van der Waals surface area contributed by atoms with E-state index in [4.69, 9.17) is 16.3 Å². The summed E-state index contributed by atoms with van der Waals surface area (Å²) in [5.74, 6) is 0.166. The van der Waals surface area contributed by atoms with Crippen LogP contribution in [0.5, 0.6) is 0 Å².